The van der Waals surface area contributed by atoms with Crippen molar-refractivity contribution >= 4 is 40.0 Å². The summed E-state index contributed by atoms with van der Waals surface area (Å²) in [5.41, 5.74) is 2.92. The summed E-state index contributed by atoms with van der Waals surface area (Å²) in [6.45, 7) is 2.19. The van der Waals surface area contributed by atoms with Gasteiger partial charge in [0.25, 0.3) is 0 Å². The van der Waals surface area contributed by atoms with Crippen LogP contribution < -0.4 is 5.43 Å². The minimum Gasteiger partial charge on any atom is -0.506 e. The number of rotatable bonds is 9. The molecule has 0 saturated heterocycles. The van der Waals surface area contributed by atoms with Crippen molar-refractivity contribution in [1.29, 1.82) is 0 Å². The number of Topliss-reactive ketones (excluding diaryl/α,β-unsaturated/α-hetero) is 1. The topological polar surface area (TPSA) is 67.5 Å². The molecule has 0 aromatic heterocycles. The fourth-order valence-electron chi connectivity index (χ4n) is 4.24. The first kappa shape index (κ1) is 24.3. The first-order valence-corrected chi connectivity index (χ1v) is 12.4. The molecule has 0 radical (unpaired) electrons. The molecule has 1 heterocycles. The number of aromatic hydroxyl groups is 1. The third-order valence-electron chi connectivity index (χ3n) is 6.09. The molecule has 0 atom stereocenters. The molecular formula is C28H26Cl2O4. The predicted octanol–water partition coefficient (Wildman–Crippen LogP) is 8.51. The predicted molar refractivity (Wildman–Crippen MR) is 139 cm³/mol. The van der Waals surface area contributed by atoms with Gasteiger partial charge in [-0.15, -0.1) is 0 Å². The number of hydrogen-bond donors (Lipinski definition) is 1. The zero-order chi connectivity index (χ0) is 24.2. The summed E-state index contributed by atoms with van der Waals surface area (Å²) < 4.78 is 5.89. The minimum atomic E-state index is -0.350. The number of ketones is 1. The summed E-state index contributed by atoms with van der Waals surface area (Å²) >= 11 is 12.3. The van der Waals surface area contributed by atoms with Crippen LogP contribution in [0.2, 0.25) is 10.0 Å². The van der Waals surface area contributed by atoms with Crippen molar-refractivity contribution in [3.63, 3.8) is 0 Å². The van der Waals surface area contributed by atoms with Crippen LogP contribution >= 0.6 is 23.2 Å². The first-order valence-electron chi connectivity index (χ1n) is 11.6. The molecule has 1 aliphatic carbocycles. The van der Waals surface area contributed by atoms with Gasteiger partial charge in [-0.3, -0.25) is 9.59 Å². The van der Waals surface area contributed by atoms with Crippen molar-refractivity contribution < 1.29 is 14.3 Å². The number of phenolic OH excluding ortho intramolecular Hbond substituents is 1. The SMILES string of the molecule is CCCCCCCCC(=O)c1ccc(-c2c3cc(Cl)c(=O)cc-3oc3cc(O)c(Cl)cc23)cc1. The number of benzene rings is 3. The van der Waals surface area contributed by atoms with E-state index in [0.29, 0.717) is 34.3 Å². The second-order valence-corrected chi connectivity index (χ2v) is 9.39. The minimum absolute atomic E-state index is 0.0823. The van der Waals surface area contributed by atoms with Crippen LogP contribution in [0, 0.1) is 0 Å². The highest BCUT2D eigenvalue weighted by atomic mass is 35.5. The molecule has 1 N–H and O–H groups in total. The van der Waals surface area contributed by atoms with Gasteiger partial charge in [0.05, 0.1) is 10.0 Å². The average Bonchev–Trinajstić information content (AvgIpc) is 2.82. The van der Waals surface area contributed by atoms with Crippen LogP contribution in [0.25, 0.3) is 33.4 Å². The van der Waals surface area contributed by atoms with Gasteiger partial charge in [-0.2, -0.15) is 0 Å². The van der Waals surface area contributed by atoms with E-state index in [1.54, 1.807) is 12.1 Å². The lowest BCUT2D eigenvalue weighted by Gasteiger charge is -2.16. The maximum atomic E-state index is 12.7. The molecule has 2 aromatic carbocycles. The van der Waals surface area contributed by atoms with Gasteiger partial charge in [0, 0.05) is 40.6 Å². The van der Waals surface area contributed by atoms with E-state index in [0.717, 1.165) is 24.0 Å². The lowest BCUT2D eigenvalue weighted by atomic mass is 9.92. The lowest BCUT2D eigenvalue weighted by molar-refractivity contribution is 0.0979. The van der Waals surface area contributed by atoms with E-state index >= 15 is 0 Å². The fourth-order valence-corrected chi connectivity index (χ4v) is 4.57. The van der Waals surface area contributed by atoms with Crippen molar-refractivity contribution in [2.45, 2.75) is 51.9 Å². The quantitative estimate of drug-likeness (QED) is 0.143. The smallest absolute Gasteiger partial charge is 0.200 e. The van der Waals surface area contributed by atoms with Gasteiger partial charge in [0.1, 0.15) is 17.1 Å². The summed E-state index contributed by atoms with van der Waals surface area (Å²) in [6, 6.07) is 13.4. The molecule has 0 fully saturated rings. The molecule has 6 heteroatoms. The molecule has 2 aromatic rings. The average molecular weight is 497 g/mol. The van der Waals surface area contributed by atoms with Gasteiger partial charge in [-0.1, -0.05) is 86.5 Å². The highest BCUT2D eigenvalue weighted by Gasteiger charge is 2.20. The zero-order valence-corrected chi connectivity index (χ0v) is 20.5. The number of unbranched alkanes of at least 4 members (excludes halogenated alkanes) is 5. The van der Waals surface area contributed by atoms with Crippen molar-refractivity contribution in [1.82, 2.24) is 0 Å². The number of carbonyl (C=O) groups is 1. The van der Waals surface area contributed by atoms with Gasteiger partial charge in [-0.25, -0.2) is 0 Å². The zero-order valence-electron chi connectivity index (χ0n) is 19.0. The molecule has 4 nitrogen and oxygen atoms in total. The van der Waals surface area contributed by atoms with Crippen molar-refractivity contribution in [3.05, 3.63) is 74.4 Å². The van der Waals surface area contributed by atoms with Gasteiger partial charge >= 0.3 is 0 Å². The van der Waals surface area contributed by atoms with Gasteiger partial charge in [0.2, 0.25) is 5.43 Å². The van der Waals surface area contributed by atoms with Crippen LogP contribution in [0.4, 0.5) is 0 Å². The third-order valence-corrected chi connectivity index (χ3v) is 6.69. The Morgan fingerprint density at radius 1 is 0.912 bits per heavy atom. The lowest BCUT2D eigenvalue weighted by Crippen LogP contribution is -2.03. The molecule has 0 spiro atoms. The maximum absolute atomic E-state index is 12.7. The van der Waals surface area contributed by atoms with E-state index in [1.165, 1.54) is 37.8 Å². The number of phenols is 1. The molecule has 0 unspecified atom stereocenters. The van der Waals surface area contributed by atoms with Crippen LogP contribution in [0.5, 0.6) is 5.75 Å². The second kappa shape index (κ2) is 10.6. The van der Waals surface area contributed by atoms with Crippen molar-refractivity contribution in [2.75, 3.05) is 0 Å². The molecule has 4 rings (SSSR count). The van der Waals surface area contributed by atoms with E-state index in [-0.39, 0.29) is 27.0 Å². The van der Waals surface area contributed by atoms with Crippen LogP contribution in [-0.4, -0.2) is 10.9 Å². The summed E-state index contributed by atoms with van der Waals surface area (Å²) in [6.07, 6.45) is 7.37. The number of halogens is 2. The van der Waals surface area contributed by atoms with Gasteiger partial charge in [0.15, 0.2) is 5.78 Å². The number of hydrogen-bond acceptors (Lipinski definition) is 4. The highest BCUT2D eigenvalue weighted by molar-refractivity contribution is 6.33. The number of carbonyl (C=O) groups excluding carboxylic acids is 1. The Morgan fingerprint density at radius 3 is 2.35 bits per heavy atom. The highest BCUT2D eigenvalue weighted by Crippen LogP contribution is 2.43. The molecule has 2 aliphatic rings. The molecule has 1 aliphatic heterocycles. The van der Waals surface area contributed by atoms with E-state index in [1.807, 2.05) is 24.3 Å². The Hall–Kier alpha value is -2.82. The molecular weight excluding hydrogens is 471 g/mol. The Morgan fingerprint density at radius 2 is 1.62 bits per heavy atom. The summed E-state index contributed by atoms with van der Waals surface area (Å²) in [5.74, 6) is 0.365. The van der Waals surface area contributed by atoms with Gasteiger partial charge < -0.3 is 9.52 Å². The van der Waals surface area contributed by atoms with E-state index in [4.69, 9.17) is 27.6 Å². The van der Waals surface area contributed by atoms with Crippen LogP contribution in [0.3, 0.4) is 0 Å². The summed E-state index contributed by atoms with van der Waals surface area (Å²) in [5, 5.41) is 11.0. The standard InChI is InChI=1S/C28H26Cl2O4/c1-2-3-4-5-6-7-8-23(31)17-9-11-18(12-10-17)28-19-13-21(29)24(32)15-26(19)34-27-16-25(33)22(30)14-20(27)28/h9-16,32H,2-8H2,1H3. The molecule has 0 saturated carbocycles. The second-order valence-electron chi connectivity index (χ2n) is 8.57. The van der Waals surface area contributed by atoms with E-state index in [9.17, 15) is 14.7 Å². The van der Waals surface area contributed by atoms with Crippen LogP contribution in [0.15, 0.2) is 57.7 Å². The molecule has 176 valence electrons. The monoisotopic (exact) mass is 496 g/mol. The number of fused-ring (bicyclic) bond motifs is 2. The maximum Gasteiger partial charge on any atom is 0.200 e. The van der Waals surface area contributed by atoms with Crippen LogP contribution in [-0.2, 0) is 0 Å². The Balaban J connectivity index is 1.68. The van der Waals surface area contributed by atoms with E-state index in [2.05, 4.69) is 6.92 Å². The first-order chi connectivity index (χ1) is 16.4. The Labute approximate surface area is 208 Å². The largest absolute Gasteiger partial charge is 0.506 e. The Bertz CT molecular complexity index is 1360. The normalized spacial score (nSPS) is 11.4. The van der Waals surface area contributed by atoms with E-state index < -0.39 is 0 Å². The summed E-state index contributed by atoms with van der Waals surface area (Å²) in [7, 11) is 0. The van der Waals surface area contributed by atoms with Crippen molar-refractivity contribution in [2.24, 2.45) is 0 Å². The fraction of sp³-hybridized carbons (Fsp3) is 0.286. The van der Waals surface area contributed by atoms with Crippen LogP contribution in [0.1, 0.15) is 62.2 Å². The summed E-state index contributed by atoms with van der Waals surface area (Å²) in [4.78, 5) is 24.8. The molecule has 0 amide bonds. The van der Waals surface area contributed by atoms with Gasteiger partial charge in [-0.05, 0) is 24.1 Å². The third kappa shape index (κ3) is 5.13. The molecule has 34 heavy (non-hydrogen) atoms. The van der Waals surface area contributed by atoms with Crippen molar-refractivity contribution in [3.8, 4) is 28.2 Å². The Kier molecular flexibility index (Phi) is 7.60. The molecule has 0 bridgehead atoms.